The molecule has 0 aromatic carbocycles. The van der Waals surface area contributed by atoms with Crippen molar-refractivity contribution in [2.24, 2.45) is 56.7 Å². The lowest BCUT2D eigenvalue weighted by molar-refractivity contribution is -0.258. The predicted octanol–water partition coefficient (Wildman–Crippen LogP) is 8.44. The van der Waals surface area contributed by atoms with Crippen LogP contribution >= 0.6 is 0 Å². The molecule has 2 N–H and O–H groups in total. The number of ether oxygens (including phenoxy) is 1. The summed E-state index contributed by atoms with van der Waals surface area (Å²) in [5.41, 5.74) is 0.741. The summed E-state index contributed by atoms with van der Waals surface area (Å²) in [4.78, 5) is 41.5. The molecule has 0 bridgehead atoms. The Morgan fingerprint density at radius 3 is 2.10 bits per heavy atom. The van der Waals surface area contributed by atoms with E-state index < -0.39 is 16.7 Å². The Hall–Kier alpha value is -1.89. The first-order valence-corrected chi connectivity index (χ1v) is 19.3. The number of fused-ring (bicyclic) bond motifs is 7. The van der Waals surface area contributed by atoms with Crippen LogP contribution in [0.1, 0.15) is 147 Å². The zero-order valence-electron chi connectivity index (χ0n) is 32.1. The Balaban J connectivity index is 1.20. The first kappa shape index (κ1) is 35.9. The Labute approximate surface area is 290 Å². The van der Waals surface area contributed by atoms with Gasteiger partial charge in [0.25, 0.3) is 0 Å². The summed E-state index contributed by atoms with van der Waals surface area (Å²) in [6.45, 7) is 25.5. The number of allylic oxidation sites excluding steroid dienone is 2. The number of Topliss-reactive ketones (excluding diaryl/α,β-unsaturated/α-hetero) is 1. The minimum atomic E-state index is -1.28. The van der Waals surface area contributed by atoms with Gasteiger partial charge < -0.3 is 20.1 Å². The molecule has 5 fully saturated rings. The van der Waals surface area contributed by atoms with Crippen LogP contribution in [0.15, 0.2) is 11.1 Å². The van der Waals surface area contributed by atoms with E-state index in [1.54, 1.807) is 4.90 Å². The first-order valence-electron chi connectivity index (χ1n) is 19.3. The van der Waals surface area contributed by atoms with Crippen molar-refractivity contribution in [3.8, 4) is 0 Å². The van der Waals surface area contributed by atoms with Crippen LogP contribution in [0.5, 0.6) is 0 Å². The highest BCUT2D eigenvalue weighted by atomic mass is 16.6. The molecule has 1 aliphatic heterocycles. The number of amides is 2. The van der Waals surface area contributed by atoms with Gasteiger partial charge in [0.2, 0.25) is 5.91 Å². The number of carbonyl (C=O) groups excluding carboxylic acids is 3. The molecule has 6 aliphatic rings. The van der Waals surface area contributed by atoms with Crippen molar-refractivity contribution < 1.29 is 24.2 Å². The van der Waals surface area contributed by atoms with Crippen LogP contribution in [0, 0.1) is 56.7 Å². The fraction of sp³-hybridized carbons (Fsp3) is 0.878. The van der Waals surface area contributed by atoms with Gasteiger partial charge in [-0.15, -0.1) is 0 Å². The van der Waals surface area contributed by atoms with Crippen LogP contribution in [0.4, 0.5) is 4.79 Å². The molecule has 0 aromatic rings. The maximum absolute atomic E-state index is 13.8. The summed E-state index contributed by atoms with van der Waals surface area (Å²) in [7, 11) is 0. The first-order chi connectivity index (χ1) is 22.0. The molecular formula is C41H66N2O5. The number of aliphatic hydroxyl groups is 1. The highest BCUT2D eigenvalue weighted by molar-refractivity contribution is 6.00. The molecule has 2 amide bonds. The number of likely N-dealkylation sites (tertiary alicyclic amines) is 1. The molecule has 0 spiro atoms. The van der Waals surface area contributed by atoms with Crippen LogP contribution in [0.2, 0.25) is 0 Å². The molecule has 1 saturated heterocycles. The standard InChI is InChI=1S/C41H66N2O5/c1-25(2)31-28(44)24-37(8)18-20-39(10)27(32(31)37)12-13-30-38(9)19-21-41(47,36(6,7)29(38)14-17-40(30,39)11)42-33(45)26-15-22-43(23-16-26)34(46)48-35(3,4)5/h25-27,29-30,47H,12-24H2,1-11H3,(H,42,45)/t27-,29+,30-,37+,38+,39-,40-,41+/m1/s1. The third-order valence-corrected chi connectivity index (χ3v) is 15.9. The van der Waals surface area contributed by atoms with Crippen molar-refractivity contribution in [2.75, 3.05) is 13.1 Å². The number of rotatable bonds is 3. The minimum Gasteiger partial charge on any atom is -0.444 e. The van der Waals surface area contributed by atoms with Gasteiger partial charge in [-0.3, -0.25) is 9.59 Å². The van der Waals surface area contributed by atoms with Gasteiger partial charge in [0.15, 0.2) is 5.78 Å². The van der Waals surface area contributed by atoms with Crippen molar-refractivity contribution in [3.05, 3.63) is 11.1 Å². The fourth-order valence-corrected chi connectivity index (χ4v) is 13.0. The Morgan fingerprint density at radius 1 is 0.854 bits per heavy atom. The van der Waals surface area contributed by atoms with Gasteiger partial charge in [-0.05, 0) is 136 Å². The Bertz CT molecular complexity index is 1380. The number of nitrogens with zero attached hydrogens (tertiary/aromatic N) is 1. The van der Waals surface area contributed by atoms with E-state index in [9.17, 15) is 19.5 Å². The lowest BCUT2D eigenvalue weighted by Crippen LogP contribution is -2.71. The number of carbonyl (C=O) groups is 3. The zero-order valence-corrected chi connectivity index (χ0v) is 32.1. The van der Waals surface area contributed by atoms with Crippen molar-refractivity contribution in [1.29, 1.82) is 0 Å². The molecule has 270 valence electrons. The lowest BCUT2D eigenvalue weighted by atomic mass is 9.32. The van der Waals surface area contributed by atoms with Crippen LogP contribution in [-0.2, 0) is 14.3 Å². The van der Waals surface area contributed by atoms with E-state index in [-0.39, 0.29) is 51.4 Å². The smallest absolute Gasteiger partial charge is 0.410 e. The van der Waals surface area contributed by atoms with Gasteiger partial charge in [-0.1, -0.05) is 61.0 Å². The summed E-state index contributed by atoms with van der Waals surface area (Å²) in [5, 5.41) is 15.6. The molecule has 7 nitrogen and oxygen atoms in total. The number of hydrogen-bond acceptors (Lipinski definition) is 5. The third-order valence-electron chi connectivity index (χ3n) is 15.9. The number of ketones is 1. The largest absolute Gasteiger partial charge is 0.444 e. The number of hydrogen-bond donors (Lipinski definition) is 2. The van der Waals surface area contributed by atoms with Gasteiger partial charge >= 0.3 is 6.09 Å². The molecule has 8 atom stereocenters. The topological polar surface area (TPSA) is 95.9 Å². The molecule has 0 radical (unpaired) electrons. The summed E-state index contributed by atoms with van der Waals surface area (Å²) < 4.78 is 5.55. The fourth-order valence-electron chi connectivity index (χ4n) is 13.0. The SMILES string of the molecule is CC(C)C1=C2[C@H]3CC[C@@H]4[C@@]5(C)CC[C@@](O)(NC(=O)C6CCN(C(=O)OC(C)(C)C)CC6)C(C)(C)[C@@H]5CC[C@@]4(C)[C@]3(C)CC[C@@]2(C)CC1=O. The van der Waals surface area contributed by atoms with Crippen molar-refractivity contribution in [1.82, 2.24) is 10.2 Å². The van der Waals surface area contributed by atoms with E-state index >= 15 is 0 Å². The van der Waals surface area contributed by atoms with Crippen LogP contribution in [0.25, 0.3) is 0 Å². The summed E-state index contributed by atoms with van der Waals surface area (Å²) in [6, 6.07) is 0. The monoisotopic (exact) mass is 666 g/mol. The van der Waals surface area contributed by atoms with Crippen molar-refractivity contribution in [2.45, 2.75) is 158 Å². The van der Waals surface area contributed by atoms with Crippen LogP contribution in [-0.4, -0.2) is 52.2 Å². The van der Waals surface area contributed by atoms with Crippen LogP contribution in [0.3, 0.4) is 0 Å². The molecule has 6 rings (SSSR count). The van der Waals surface area contributed by atoms with Gasteiger partial charge in [0, 0.05) is 30.8 Å². The summed E-state index contributed by atoms with van der Waals surface area (Å²) >= 11 is 0. The summed E-state index contributed by atoms with van der Waals surface area (Å²) in [5.74, 6) is 1.65. The second kappa shape index (κ2) is 11.3. The maximum atomic E-state index is 13.8. The van der Waals surface area contributed by atoms with Crippen molar-refractivity contribution >= 4 is 17.8 Å². The molecule has 0 aromatic heterocycles. The predicted molar refractivity (Wildman–Crippen MR) is 189 cm³/mol. The summed E-state index contributed by atoms with van der Waals surface area (Å²) in [6.07, 6.45) is 9.73. The van der Waals surface area contributed by atoms with E-state index in [1.165, 1.54) is 18.4 Å². The van der Waals surface area contributed by atoms with E-state index in [1.807, 2.05) is 20.8 Å². The third kappa shape index (κ3) is 5.15. The second-order valence-corrected chi connectivity index (χ2v) is 20.1. The number of nitrogens with one attached hydrogen (secondary N) is 1. The van der Waals surface area contributed by atoms with E-state index in [2.05, 4.69) is 60.7 Å². The highest BCUT2D eigenvalue weighted by Gasteiger charge is 2.71. The van der Waals surface area contributed by atoms with Crippen molar-refractivity contribution in [3.63, 3.8) is 0 Å². The Morgan fingerprint density at radius 2 is 1.50 bits per heavy atom. The quantitative estimate of drug-likeness (QED) is 0.295. The van der Waals surface area contributed by atoms with E-state index in [4.69, 9.17) is 4.74 Å². The van der Waals surface area contributed by atoms with Gasteiger partial charge in [0.1, 0.15) is 11.3 Å². The average molecular weight is 667 g/mol. The highest BCUT2D eigenvalue weighted by Crippen LogP contribution is 2.77. The van der Waals surface area contributed by atoms with Gasteiger partial charge in [0.05, 0.1) is 0 Å². The molecule has 5 aliphatic carbocycles. The van der Waals surface area contributed by atoms with Crippen LogP contribution < -0.4 is 5.32 Å². The molecule has 4 saturated carbocycles. The van der Waals surface area contributed by atoms with E-state index in [0.29, 0.717) is 56.4 Å². The van der Waals surface area contributed by atoms with Gasteiger partial charge in [-0.25, -0.2) is 4.79 Å². The zero-order chi connectivity index (χ0) is 35.5. The second-order valence-electron chi connectivity index (χ2n) is 20.1. The molecular weight excluding hydrogens is 600 g/mol. The molecule has 48 heavy (non-hydrogen) atoms. The molecule has 7 heteroatoms. The van der Waals surface area contributed by atoms with Gasteiger partial charge in [-0.2, -0.15) is 0 Å². The normalized spacial score (nSPS) is 42.9. The maximum Gasteiger partial charge on any atom is 0.410 e. The molecule has 1 heterocycles. The lowest BCUT2D eigenvalue weighted by Gasteiger charge is -2.73. The average Bonchev–Trinajstić information content (AvgIpc) is 3.25. The molecule has 0 unspecified atom stereocenters. The van der Waals surface area contributed by atoms with E-state index in [0.717, 1.165) is 37.7 Å². The number of piperidine rings is 1. The minimum absolute atomic E-state index is 0.0268. The Kier molecular flexibility index (Phi) is 8.46.